The van der Waals surface area contributed by atoms with Crippen molar-refractivity contribution in [2.24, 2.45) is 5.92 Å². The highest BCUT2D eigenvalue weighted by Gasteiger charge is 2.30. The van der Waals surface area contributed by atoms with Crippen molar-refractivity contribution in [1.29, 1.82) is 0 Å². The number of rotatable bonds is 4. The Morgan fingerprint density at radius 3 is 2.71 bits per heavy atom. The van der Waals surface area contributed by atoms with E-state index in [1.54, 1.807) is 18.2 Å². The molecule has 8 heteroatoms. The quantitative estimate of drug-likeness (QED) is 0.747. The number of fused-ring (bicyclic) bond motifs is 1. The van der Waals surface area contributed by atoms with E-state index in [1.807, 2.05) is 0 Å². The number of imide groups is 1. The molecule has 2 unspecified atom stereocenters. The van der Waals surface area contributed by atoms with Crippen molar-refractivity contribution in [2.75, 3.05) is 6.61 Å². The number of nitrogens with one attached hydrogen (secondary N) is 2. The predicted octanol–water partition coefficient (Wildman–Crippen LogP) is 2.98. The molecule has 2 aliphatic rings. The van der Waals surface area contributed by atoms with E-state index < -0.39 is 29.9 Å². The Morgan fingerprint density at radius 1 is 1.21 bits per heavy atom. The first-order valence-electron chi connectivity index (χ1n) is 9.65. The second-order valence-electron chi connectivity index (χ2n) is 7.34. The van der Waals surface area contributed by atoms with Crippen molar-refractivity contribution in [3.63, 3.8) is 0 Å². The summed E-state index contributed by atoms with van der Waals surface area (Å²) in [6.45, 7) is 1.61. The predicted molar refractivity (Wildman–Crippen MR) is 103 cm³/mol. The maximum Gasteiger partial charge on any atom is 0.321 e. The summed E-state index contributed by atoms with van der Waals surface area (Å²) in [4.78, 5) is 36.5. The molecule has 1 saturated carbocycles. The Bertz CT molecular complexity index is 748. The van der Waals surface area contributed by atoms with Gasteiger partial charge < -0.3 is 14.8 Å². The SMILES string of the molecule is CC(OC(=O)C1COc2ccc(Cl)cc2C1)C(=O)NC(=O)NC1CCCCC1. The topological polar surface area (TPSA) is 93.7 Å². The van der Waals surface area contributed by atoms with E-state index in [2.05, 4.69) is 10.6 Å². The zero-order chi connectivity index (χ0) is 20.1. The highest BCUT2D eigenvalue weighted by atomic mass is 35.5. The highest BCUT2D eigenvalue weighted by Crippen LogP contribution is 2.30. The summed E-state index contributed by atoms with van der Waals surface area (Å²) in [7, 11) is 0. The molecule has 0 radical (unpaired) electrons. The fraction of sp³-hybridized carbons (Fsp3) is 0.550. The first-order chi connectivity index (χ1) is 13.4. The van der Waals surface area contributed by atoms with Crippen LogP contribution in [0.25, 0.3) is 0 Å². The van der Waals surface area contributed by atoms with Crippen LogP contribution in [0, 0.1) is 5.92 Å². The van der Waals surface area contributed by atoms with Gasteiger partial charge in [-0.3, -0.25) is 14.9 Å². The maximum absolute atomic E-state index is 12.4. The van der Waals surface area contributed by atoms with Crippen molar-refractivity contribution >= 4 is 29.5 Å². The van der Waals surface area contributed by atoms with Crippen molar-refractivity contribution in [3.05, 3.63) is 28.8 Å². The van der Waals surface area contributed by atoms with Crippen molar-refractivity contribution in [1.82, 2.24) is 10.6 Å². The normalized spacial score (nSPS) is 20.3. The Hall–Kier alpha value is -2.28. The number of esters is 1. The lowest BCUT2D eigenvalue weighted by Crippen LogP contribution is -2.48. The van der Waals surface area contributed by atoms with Crippen LogP contribution in [-0.4, -0.2) is 36.7 Å². The van der Waals surface area contributed by atoms with Crippen LogP contribution < -0.4 is 15.4 Å². The molecule has 152 valence electrons. The molecule has 0 aromatic heterocycles. The van der Waals surface area contributed by atoms with Gasteiger partial charge in [0.1, 0.15) is 12.4 Å². The molecule has 1 heterocycles. The fourth-order valence-electron chi connectivity index (χ4n) is 3.52. The van der Waals surface area contributed by atoms with Crippen LogP contribution >= 0.6 is 11.6 Å². The molecule has 3 rings (SSSR count). The standard InChI is InChI=1S/C20H25ClN2O5/c1-12(18(24)23-20(26)22-16-5-3-2-4-6-16)28-19(25)14-9-13-10-15(21)7-8-17(13)27-11-14/h7-8,10,12,14,16H,2-6,9,11H2,1H3,(H2,22,23,24,26). The van der Waals surface area contributed by atoms with Crippen molar-refractivity contribution in [3.8, 4) is 5.75 Å². The number of hydrogen-bond acceptors (Lipinski definition) is 5. The molecule has 1 aliphatic heterocycles. The van der Waals surface area contributed by atoms with Crippen LogP contribution in [0.3, 0.4) is 0 Å². The molecule has 1 fully saturated rings. The van der Waals surface area contributed by atoms with Gasteiger partial charge in [0.15, 0.2) is 6.10 Å². The van der Waals surface area contributed by atoms with E-state index in [1.165, 1.54) is 13.3 Å². The second-order valence-corrected chi connectivity index (χ2v) is 7.78. The summed E-state index contributed by atoms with van der Waals surface area (Å²) in [6, 6.07) is 4.78. The Morgan fingerprint density at radius 2 is 1.96 bits per heavy atom. The number of benzene rings is 1. The molecule has 1 aromatic carbocycles. The van der Waals surface area contributed by atoms with E-state index in [0.29, 0.717) is 17.2 Å². The molecule has 0 spiro atoms. The summed E-state index contributed by atoms with van der Waals surface area (Å²) < 4.78 is 10.8. The van der Waals surface area contributed by atoms with Gasteiger partial charge in [-0.15, -0.1) is 0 Å². The third-order valence-electron chi connectivity index (χ3n) is 5.10. The monoisotopic (exact) mass is 408 g/mol. The molecular weight excluding hydrogens is 384 g/mol. The number of carbonyl (C=O) groups excluding carboxylic acids is 3. The smallest absolute Gasteiger partial charge is 0.321 e. The molecule has 2 atom stereocenters. The molecule has 1 aromatic rings. The van der Waals surface area contributed by atoms with E-state index in [0.717, 1.165) is 31.2 Å². The first kappa shape index (κ1) is 20.5. The largest absolute Gasteiger partial charge is 0.492 e. The first-order valence-corrected chi connectivity index (χ1v) is 10.0. The number of hydrogen-bond donors (Lipinski definition) is 2. The zero-order valence-corrected chi connectivity index (χ0v) is 16.6. The number of urea groups is 1. The minimum Gasteiger partial charge on any atom is -0.492 e. The summed E-state index contributed by atoms with van der Waals surface area (Å²) in [5, 5.41) is 5.60. The lowest BCUT2D eigenvalue weighted by molar-refractivity contribution is -0.159. The van der Waals surface area contributed by atoms with Gasteiger partial charge in [-0.2, -0.15) is 0 Å². The minimum atomic E-state index is -1.08. The number of carbonyl (C=O) groups is 3. The lowest BCUT2D eigenvalue weighted by Gasteiger charge is -2.25. The minimum absolute atomic E-state index is 0.0886. The third-order valence-corrected chi connectivity index (χ3v) is 5.34. The molecular formula is C20H25ClN2O5. The van der Waals surface area contributed by atoms with E-state index in [-0.39, 0.29) is 12.6 Å². The van der Waals surface area contributed by atoms with Gasteiger partial charge in [0.25, 0.3) is 5.91 Å². The maximum atomic E-state index is 12.4. The van der Waals surface area contributed by atoms with Gasteiger partial charge in [-0.25, -0.2) is 4.79 Å². The van der Waals surface area contributed by atoms with Crippen LogP contribution in [0.15, 0.2) is 18.2 Å². The van der Waals surface area contributed by atoms with Crippen LogP contribution in [-0.2, 0) is 20.7 Å². The molecule has 1 aliphatic carbocycles. The number of ether oxygens (including phenoxy) is 2. The molecule has 2 N–H and O–H groups in total. The number of halogens is 1. The zero-order valence-electron chi connectivity index (χ0n) is 15.8. The van der Waals surface area contributed by atoms with Gasteiger partial charge in [-0.1, -0.05) is 30.9 Å². The van der Waals surface area contributed by atoms with E-state index >= 15 is 0 Å². The summed E-state index contributed by atoms with van der Waals surface area (Å²) in [5.74, 6) is -1.03. The van der Waals surface area contributed by atoms with E-state index in [9.17, 15) is 14.4 Å². The van der Waals surface area contributed by atoms with Gasteiger partial charge in [0.05, 0.1) is 5.92 Å². The second kappa shape index (κ2) is 9.28. The third kappa shape index (κ3) is 5.38. The van der Waals surface area contributed by atoms with Crippen LogP contribution in [0.5, 0.6) is 5.75 Å². The van der Waals surface area contributed by atoms with E-state index in [4.69, 9.17) is 21.1 Å². The van der Waals surface area contributed by atoms with Crippen molar-refractivity contribution < 1.29 is 23.9 Å². The van der Waals surface area contributed by atoms with Gasteiger partial charge in [0.2, 0.25) is 0 Å². The Balaban J connectivity index is 1.47. The Kier molecular flexibility index (Phi) is 6.78. The van der Waals surface area contributed by atoms with Gasteiger partial charge in [-0.05, 0) is 49.9 Å². The average Bonchev–Trinajstić information content (AvgIpc) is 2.67. The summed E-state index contributed by atoms with van der Waals surface area (Å²) in [6.07, 6.45) is 4.50. The summed E-state index contributed by atoms with van der Waals surface area (Å²) in [5.41, 5.74) is 0.824. The lowest BCUT2D eigenvalue weighted by atomic mass is 9.96. The highest BCUT2D eigenvalue weighted by molar-refractivity contribution is 6.30. The molecule has 28 heavy (non-hydrogen) atoms. The van der Waals surface area contributed by atoms with Crippen LogP contribution in [0.1, 0.15) is 44.6 Å². The van der Waals surface area contributed by atoms with Gasteiger partial charge in [0, 0.05) is 11.1 Å². The van der Waals surface area contributed by atoms with Crippen LogP contribution in [0.4, 0.5) is 4.79 Å². The molecule has 0 saturated heterocycles. The molecule has 0 bridgehead atoms. The summed E-state index contributed by atoms with van der Waals surface area (Å²) >= 11 is 5.99. The Labute approximate surface area is 169 Å². The van der Waals surface area contributed by atoms with Crippen LogP contribution in [0.2, 0.25) is 5.02 Å². The molecule has 7 nitrogen and oxygen atoms in total. The molecule has 3 amide bonds. The van der Waals surface area contributed by atoms with Crippen molar-refractivity contribution in [2.45, 2.75) is 57.6 Å². The van der Waals surface area contributed by atoms with Gasteiger partial charge >= 0.3 is 12.0 Å². The average molecular weight is 409 g/mol. The number of amides is 3. The fourth-order valence-corrected chi connectivity index (χ4v) is 3.72.